The van der Waals surface area contributed by atoms with Crippen LogP contribution in [0.4, 0.5) is 17.6 Å². The van der Waals surface area contributed by atoms with Crippen molar-refractivity contribution in [3.8, 4) is 5.75 Å². The predicted octanol–water partition coefficient (Wildman–Crippen LogP) is 4.43. The summed E-state index contributed by atoms with van der Waals surface area (Å²) in [6, 6.07) is 19.6. The zero-order valence-electron chi connectivity index (χ0n) is 19.0. The summed E-state index contributed by atoms with van der Waals surface area (Å²) >= 11 is 0. The Bertz CT molecular complexity index is 1120. The molecule has 2 aliphatic heterocycles. The fourth-order valence-corrected chi connectivity index (χ4v) is 4.91. The van der Waals surface area contributed by atoms with E-state index in [4.69, 9.17) is 14.7 Å². The second-order valence-corrected chi connectivity index (χ2v) is 9.19. The third kappa shape index (κ3) is 3.97. The van der Waals surface area contributed by atoms with E-state index >= 15 is 0 Å². The van der Waals surface area contributed by atoms with Crippen molar-refractivity contribution in [2.24, 2.45) is 0 Å². The number of ether oxygens (including phenoxy) is 1. The molecule has 0 radical (unpaired) electrons. The monoisotopic (exact) mass is 442 g/mol. The molecule has 7 heteroatoms. The van der Waals surface area contributed by atoms with Crippen molar-refractivity contribution >= 4 is 17.6 Å². The molecule has 1 aliphatic carbocycles. The minimum absolute atomic E-state index is 0.253. The fourth-order valence-electron chi connectivity index (χ4n) is 4.91. The summed E-state index contributed by atoms with van der Waals surface area (Å²) in [6.45, 7) is 2.55. The summed E-state index contributed by atoms with van der Waals surface area (Å²) in [4.78, 5) is 12.5. The molecule has 6 rings (SSSR count). The first kappa shape index (κ1) is 20.3. The van der Waals surface area contributed by atoms with E-state index in [1.54, 1.807) is 7.11 Å². The van der Waals surface area contributed by atoms with Gasteiger partial charge in [-0.1, -0.05) is 42.5 Å². The van der Waals surface area contributed by atoms with Gasteiger partial charge in [0.05, 0.1) is 25.3 Å². The van der Waals surface area contributed by atoms with E-state index in [2.05, 4.69) is 63.1 Å². The SMILES string of the molecule is COc1ccc(CN2CCC3NN(Cc4ccccc4)c4nc(NC5CCC5)nc2c43)cc1. The minimum atomic E-state index is 0.253. The lowest BCUT2D eigenvalue weighted by molar-refractivity contribution is 0.414. The predicted molar refractivity (Wildman–Crippen MR) is 130 cm³/mol. The lowest BCUT2D eigenvalue weighted by Crippen LogP contribution is -2.37. The maximum absolute atomic E-state index is 5.33. The van der Waals surface area contributed by atoms with E-state index in [-0.39, 0.29) is 6.04 Å². The molecule has 3 aromatic rings. The highest BCUT2D eigenvalue weighted by Gasteiger charge is 2.39. The van der Waals surface area contributed by atoms with Crippen LogP contribution in [0.15, 0.2) is 54.6 Å². The first-order chi connectivity index (χ1) is 16.3. The van der Waals surface area contributed by atoms with E-state index in [9.17, 15) is 0 Å². The number of nitrogens with zero attached hydrogens (tertiary/aromatic N) is 4. The van der Waals surface area contributed by atoms with Gasteiger partial charge in [-0.05, 0) is 48.9 Å². The average Bonchev–Trinajstić information content (AvgIpc) is 3.17. The summed E-state index contributed by atoms with van der Waals surface area (Å²) in [7, 11) is 1.70. The van der Waals surface area contributed by atoms with Crippen molar-refractivity contribution in [2.45, 2.75) is 50.9 Å². The smallest absolute Gasteiger partial charge is 0.226 e. The molecule has 3 aliphatic rings. The maximum atomic E-state index is 5.33. The van der Waals surface area contributed by atoms with Gasteiger partial charge in [-0.2, -0.15) is 9.97 Å². The molecule has 1 fully saturated rings. The van der Waals surface area contributed by atoms with Crippen molar-refractivity contribution in [1.82, 2.24) is 15.4 Å². The van der Waals surface area contributed by atoms with Crippen LogP contribution in [0.1, 0.15) is 48.4 Å². The number of nitrogens with one attached hydrogen (secondary N) is 2. The molecule has 1 aromatic heterocycles. The Morgan fingerprint density at radius 1 is 0.939 bits per heavy atom. The molecule has 0 spiro atoms. The van der Waals surface area contributed by atoms with Gasteiger partial charge in [0, 0.05) is 19.1 Å². The van der Waals surface area contributed by atoms with Crippen LogP contribution in [-0.4, -0.2) is 29.7 Å². The lowest BCUT2D eigenvalue weighted by atomic mass is 9.93. The molecule has 0 saturated heterocycles. The lowest BCUT2D eigenvalue weighted by Gasteiger charge is -2.33. The second kappa shape index (κ2) is 8.56. The van der Waals surface area contributed by atoms with Gasteiger partial charge in [0.2, 0.25) is 5.95 Å². The summed E-state index contributed by atoms with van der Waals surface area (Å²) in [5.41, 5.74) is 7.46. The molecule has 7 nitrogen and oxygen atoms in total. The highest BCUT2D eigenvalue weighted by Crippen LogP contribution is 2.44. The number of rotatable bonds is 7. The van der Waals surface area contributed by atoms with Gasteiger partial charge in [0.1, 0.15) is 11.6 Å². The summed E-state index contributed by atoms with van der Waals surface area (Å²) in [5, 5.41) is 5.80. The van der Waals surface area contributed by atoms with Crippen molar-refractivity contribution < 1.29 is 4.74 Å². The van der Waals surface area contributed by atoms with Crippen LogP contribution in [0, 0.1) is 0 Å². The first-order valence-electron chi connectivity index (χ1n) is 11.9. The van der Waals surface area contributed by atoms with Gasteiger partial charge >= 0.3 is 0 Å². The summed E-state index contributed by atoms with van der Waals surface area (Å²) < 4.78 is 5.33. The molecule has 1 unspecified atom stereocenters. The zero-order chi connectivity index (χ0) is 22.2. The minimum Gasteiger partial charge on any atom is -0.497 e. The second-order valence-electron chi connectivity index (χ2n) is 9.19. The Balaban J connectivity index is 1.34. The topological polar surface area (TPSA) is 65.6 Å². The normalized spacial score (nSPS) is 19.2. The highest BCUT2D eigenvalue weighted by atomic mass is 16.5. The fraction of sp³-hybridized carbons (Fsp3) is 0.385. The maximum Gasteiger partial charge on any atom is 0.226 e. The van der Waals surface area contributed by atoms with Crippen LogP contribution >= 0.6 is 0 Å². The van der Waals surface area contributed by atoms with Crippen LogP contribution in [0.25, 0.3) is 0 Å². The van der Waals surface area contributed by atoms with E-state index in [1.807, 2.05) is 12.1 Å². The molecule has 170 valence electrons. The Morgan fingerprint density at radius 2 is 1.70 bits per heavy atom. The van der Waals surface area contributed by atoms with Gasteiger partial charge in [-0.25, -0.2) is 5.43 Å². The molecular weight excluding hydrogens is 412 g/mol. The number of anilines is 3. The molecule has 1 atom stereocenters. The summed E-state index contributed by atoms with van der Waals surface area (Å²) in [5.74, 6) is 3.69. The number of methoxy groups -OCH3 is 1. The number of hydrazine groups is 1. The third-order valence-electron chi connectivity index (χ3n) is 6.96. The van der Waals surface area contributed by atoms with Crippen LogP contribution in [0.2, 0.25) is 0 Å². The number of hydrogen-bond acceptors (Lipinski definition) is 7. The highest BCUT2D eigenvalue weighted by molar-refractivity contribution is 5.68. The van der Waals surface area contributed by atoms with Gasteiger partial charge in [0.15, 0.2) is 5.82 Å². The van der Waals surface area contributed by atoms with Crippen LogP contribution in [0.5, 0.6) is 5.75 Å². The standard InChI is InChI=1S/C26H30N6O/c1-33-21-12-10-19(11-13-21)16-31-15-14-22-23-24(31)28-26(27-20-8-5-9-20)29-25(23)32(30-22)17-18-6-3-2-4-7-18/h2-4,6-7,10-13,20,22,30H,5,8-9,14-17H2,1H3,(H,27,28,29). The largest absolute Gasteiger partial charge is 0.497 e. The number of aromatic nitrogens is 2. The van der Waals surface area contributed by atoms with Crippen LogP contribution < -0.4 is 25.4 Å². The molecule has 2 N–H and O–H groups in total. The van der Waals surface area contributed by atoms with Crippen LogP contribution in [0.3, 0.4) is 0 Å². The Morgan fingerprint density at radius 3 is 2.42 bits per heavy atom. The molecular formula is C26H30N6O. The zero-order valence-corrected chi connectivity index (χ0v) is 19.0. The third-order valence-corrected chi connectivity index (χ3v) is 6.96. The summed E-state index contributed by atoms with van der Waals surface area (Å²) in [6.07, 6.45) is 4.70. The van der Waals surface area contributed by atoms with Crippen molar-refractivity contribution in [3.63, 3.8) is 0 Å². The quantitative estimate of drug-likeness (QED) is 0.561. The Kier molecular flexibility index (Phi) is 5.26. The van der Waals surface area contributed by atoms with Gasteiger partial charge in [-0.3, -0.25) is 5.01 Å². The van der Waals surface area contributed by atoms with Gasteiger partial charge in [0.25, 0.3) is 0 Å². The van der Waals surface area contributed by atoms with Crippen LogP contribution in [-0.2, 0) is 13.1 Å². The number of hydrogen-bond donors (Lipinski definition) is 2. The van der Waals surface area contributed by atoms with Crippen molar-refractivity contribution in [2.75, 3.05) is 28.9 Å². The molecule has 2 aromatic carbocycles. The number of benzene rings is 2. The average molecular weight is 443 g/mol. The molecule has 0 bridgehead atoms. The molecule has 33 heavy (non-hydrogen) atoms. The van der Waals surface area contributed by atoms with Crippen molar-refractivity contribution in [3.05, 3.63) is 71.3 Å². The molecule has 1 saturated carbocycles. The van der Waals surface area contributed by atoms with E-state index in [0.717, 1.165) is 49.4 Å². The van der Waals surface area contributed by atoms with E-state index in [0.29, 0.717) is 6.04 Å². The Hall–Kier alpha value is -3.32. The van der Waals surface area contributed by atoms with Crippen molar-refractivity contribution in [1.29, 1.82) is 0 Å². The molecule has 3 heterocycles. The molecule has 0 amide bonds. The first-order valence-corrected chi connectivity index (χ1v) is 11.9. The van der Waals surface area contributed by atoms with Gasteiger partial charge < -0.3 is 15.0 Å². The Labute approximate surface area is 194 Å². The van der Waals surface area contributed by atoms with E-state index in [1.165, 1.54) is 36.0 Å². The van der Waals surface area contributed by atoms with E-state index < -0.39 is 0 Å². The van der Waals surface area contributed by atoms with Gasteiger partial charge in [-0.15, -0.1) is 0 Å².